The van der Waals surface area contributed by atoms with E-state index in [0.29, 0.717) is 17.8 Å². The van der Waals surface area contributed by atoms with Crippen LogP contribution in [0, 0.1) is 31.6 Å². The van der Waals surface area contributed by atoms with Gasteiger partial charge in [-0.2, -0.15) is 15.3 Å². The first-order chi connectivity index (χ1) is 37.8. The van der Waals surface area contributed by atoms with Crippen molar-refractivity contribution in [1.29, 1.82) is 0 Å². The van der Waals surface area contributed by atoms with E-state index in [1.165, 1.54) is 22.5 Å². The number of carbonyl (C=O) groups excluding carboxylic acids is 3. The van der Waals surface area contributed by atoms with Crippen molar-refractivity contribution < 1.29 is 28.6 Å². The molecule has 3 amide bonds. The average Bonchev–Trinajstić information content (AvgIpc) is 4.24. The van der Waals surface area contributed by atoms with Gasteiger partial charge in [-0.1, -0.05) is 87.7 Å². The van der Waals surface area contributed by atoms with Crippen LogP contribution in [0.15, 0.2) is 95.5 Å². The first kappa shape index (κ1) is 54.9. The molecule has 12 rings (SSSR count). The summed E-state index contributed by atoms with van der Waals surface area (Å²) in [7, 11) is 0. The van der Waals surface area contributed by atoms with E-state index in [9.17, 15) is 14.4 Å². The fourth-order valence-corrected chi connectivity index (χ4v) is 13.9. The molecule has 3 atom stereocenters. The minimum absolute atomic E-state index is 0.247. The minimum atomic E-state index is -0.542. The molecular formula is C59H60BrN9O6S3. The van der Waals surface area contributed by atoms with Crippen molar-refractivity contribution in [1.82, 2.24) is 30.6 Å². The molecule has 9 heterocycles. The summed E-state index contributed by atoms with van der Waals surface area (Å²) < 4.78 is 20.3. The van der Waals surface area contributed by atoms with Crippen LogP contribution in [-0.4, -0.2) is 88.0 Å². The molecule has 3 aliphatic heterocycles. The monoisotopic (exact) mass is 1170 g/mol. The lowest BCUT2D eigenvalue weighted by molar-refractivity contribution is 0.0547. The van der Waals surface area contributed by atoms with Crippen LogP contribution in [0.3, 0.4) is 0 Å². The average molecular weight is 1170 g/mol. The fraction of sp³-hybridized carbons (Fsp3) is 0.339. The normalized spacial score (nSPS) is 17.5. The number of halogens is 1. The summed E-state index contributed by atoms with van der Waals surface area (Å²) in [6, 6.07) is 31.2. The van der Waals surface area contributed by atoms with Gasteiger partial charge in [0.25, 0.3) is 17.7 Å². The van der Waals surface area contributed by atoms with Gasteiger partial charge in [-0.3, -0.25) is 14.4 Å². The van der Waals surface area contributed by atoms with Crippen molar-refractivity contribution in [3.05, 3.63) is 141 Å². The van der Waals surface area contributed by atoms with Crippen molar-refractivity contribution in [2.45, 2.75) is 71.6 Å². The van der Waals surface area contributed by atoms with Gasteiger partial charge in [0.15, 0.2) is 17.1 Å². The summed E-state index contributed by atoms with van der Waals surface area (Å²) >= 11 is 8.10. The highest BCUT2D eigenvalue weighted by atomic mass is 79.9. The lowest BCUT2D eigenvalue weighted by atomic mass is 9.95. The van der Waals surface area contributed by atoms with E-state index in [1.807, 2.05) is 24.3 Å². The van der Waals surface area contributed by atoms with E-state index in [2.05, 4.69) is 127 Å². The Morgan fingerprint density at radius 1 is 0.474 bits per heavy atom. The summed E-state index contributed by atoms with van der Waals surface area (Å²) in [6.07, 6.45) is 9.07. The highest BCUT2D eigenvalue weighted by Gasteiger charge is 2.25. The second kappa shape index (κ2) is 25.1. The Balaban J connectivity index is 0.000000132. The lowest BCUT2D eigenvalue weighted by Gasteiger charge is -2.21. The summed E-state index contributed by atoms with van der Waals surface area (Å²) in [4.78, 5) is 38.7. The number of hydrogen-bond donors (Lipinski definition) is 3. The van der Waals surface area contributed by atoms with E-state index < -0.39 is 17.7 Å². The van der Waals surface area contributed by atoms with Gasteiger partial charge in [-0.05, 0) is 136 Å². The van der Waals surface area contributed by atoms with Crippen LogP contribution in [0.5, 0.6) is 0 Å². The lowest BCUT2D eigenvalue weighted by Crippen LogP contribution is -2.20. The number of carbonyl (C=O) groups is 3. The molecule has 3 aromatic carbocycles. The molecule has 0 spiro atoms. The predicted molar refractivity (Wildman–Crippen MR) is 313 cm³/mol. The van der Waals surface area contributed by atoms with E-state index in [4.69, 9.17) is 31.4 Å². The molecule has 15 nitrogen and oxygen atoms in total. The molecule has 9 aromatic rings. The van der Waals surface area contributed by atoms with Gasteiger partial charge in [-0.25, -0.2) is 0 Å². The number of rotatable bonds is 12. The van der Waals surface area contributed by atoms with Crippen molar-refractivity contribution in [3.63, 3.8) is 0 Å². The van der Waals surface area contributed by atoms with Gasteiger partial charge in [0.05, 0.1) is 31.2 Å². The zero-order chi connectivity index (χ0) is 54.3. The van der Waals surface area contributed by atoms with Crippen LogP contribution in [0.2, 0.25) is 0 Å². The number of nitrogens with zero attached hydrogens (tertiary/aromatic N) is 6. The number of nitrogens with two attached hydrogens (primary N) is 3. The molecular weight excluding hydrogens is 1110 g/mol. The topological polar surface area (TPSA) is 234 Å². The van der Waals surface area contributed by atoms with Gasteiger partial charge in [0.2, 0.25) is 0 Å². The quantitative estimate of drug-likeness (QED) is 0.104. The van der Waals surface area contributed by atoms with Crippen LogP contribution >= 0.6 is 49.9 Å². The maximum Gasteiger partial charge on any atom is 0.270 e. The highest BCUT2D eigenvalue weighted by Crippen LogP contribution is 2.40. The molecule has 402 valence electrons. The molecule has 78 heavy (non-hydrogen) atoms. The summed E-state index contributed by atoms with van der Waals surface area (Å²) in [5.74, 6) is -0.275. The second-order valence-electron chi connectivity index (χ2n) is 20.2. The predicted octanol–water partition coefficient (Wildman–Crippen LogP) is 11.7. The Morgan fingerprint density at radius 3 is 1.04 bits per heavy atom. The first-order valence-corrected chi connectivity index (χ1v) is 29.5. The van der Waals surface area contributed by atoms with E-state index in [1.54, 1.807) is 22.7 Å². The van der Waals surface area contributed by atoms with Crippen LogP contribution in [-0.2, 0) is 33.5 Å². The Kier molecular flexibility index (Phi) is 17.7. The number of aromatic nitrogens is 6. The van der Waals surface area contributed by atoms with Crippen molar-refractivity contribution in [2.24, 2.45) is 35.0 Å². The molecule has 0 saturated carbocycles. The SMILES string of the molecule is Cc1ccc(-c2cc3c(CC4CCCOC4)nnc(C(N)=O)c3s2)cc1.Cc1ccc(-c2cc3c(CC4CCCOC4)nnc(C(N)=O)c3s2)cc1.NC(=O)c1nnc(CC2CCCOC2)c2cc(-c3ccc(Br)cc3)sc12. The summed E-state index contributed by atoms with van der Waals surface area (Å²) in [6.45, 7) is 8.93. The van der Waals surface area contributed by atoms with E-state index >= 15 is 0 Å². The van der Waals surface area contributed by atoms with E-state index in [0.717, 1.165) is 181 Å². The first-order valence-electron chi connectivity index (χ1n) is 26.2. The van der Waals surface area contributed by atoms with E-state index in [-0.39, 0.29) is 17.1 Å². The maximum absolute atomic E-state index is 11.8. The second-order valence-corrected chi connectivity index (χ2v) is 24.3. The van der Waals surface area contributed by atoms with Crippen molar-refractivity contribution >= 4 is 97.9 Å². The van der Waals surface area contributed by atoms with Gasteiger partial charge in [0.1, 0.15) is 0 Å². The Bertz CT molecular complexity index is 3210. The third-order valence-corrected chi connectivity index (χ3v) is 18.4. The molecule has 0 radical (unpaired) electrons. The van der Waals surface area contributed by atoms with Gasteiger partial charge in [-0.15, -0.1) is 49.3 Å². The Labute approximate surface area is 472 Å². The fourth-order valence-electron chi connectivity index (χ4n) is 10.1. The molecule has 6 N–H and O–H groups in total. The highest BCUT2D eigenvalue weighted by molar-refractivity contribution is 9.10. The standard InChI is InChI=1S/2C20H21N3O2S.C19H18BrN3O2S/c2*1-12-4-6-14(7-5-12)17-10-15-16(9-13-3-2-8-25-11-13)22-23-18(20(21)24)19(15)26-17;20-13-5-3-12(4-6-13)16-9-14-15(8-11-2-1-7-25-10-11)22-23-17(19(21)24)18(14)26-16/h2*4-7,10,13H,2-3,8-9,11H2,1H3,(H2,21,24);3-6,9,11H,1-2,7-8,10H2,(H2,21,24). The number of primary amides is 3. The number of hydrogen-bond acceptors (Lipinski definition) is 15. The molecule has 3 fully saturated rings. The third-order valence-electron chi connectivity index (χ3n) is 14.3. The summed E-state index contributed by atoms with van der Waals surface area (Å²) in [5.41, 5.74) is 25.9. The van der Waals surface area contributed by atoms with Gasteiger partial charge in [0, 0.05) is 74.9 Å². The van der Waals surface area contributed by atoms with Crippen molar-refractivity contribution in [2.75, 3.05) is 39.6 Å². The summed E-state index contributed by atoms with van der Waals surface area (Å²) in [5, 5.41) is 28.4. The molecule has 19 heteroatoms. The molecule has 3 saturated heterocycles. The number of aryl methyl sites for hydroxylation is 2. The number of thiophene rings is 3. The Morgan fingerprint density at radius 2 is 0.769 bits per heavy atom. The third kappa shape index (κ3) is 13.0. The molecule has 0 bridgehead atoms. The number of ether oxygens (including phenoxy) is 3. The van der Waals surface area contributed by atoms with Crippen molar-refractivity contribution in [3.8, 4) is 31.3 Å². The molecule has 0 aliphatic carbocycles. The van der Waals surface area contributed by atoms with Gasteiger partial charge < -0.3 is 31.4 Å². The van der Waals surface area contributed by atoms with Gasteiger partial charge >= 0.3 is 0 Å². The van der Waals surface area contributed by atoms with Crippen LogP contribution in [0.25, 0.3) is 61.6 Å². The number of benzene rings is 3. The van der Waals surface area contributed by atoms with Crippen LogP contribution in [0.1, 0.15) is 98.2 Å². The van der Waals surface area contributed by atoms with Crippen LogP contribution < -0.4 is 17.2 Å². The number of fused-ring (bicyclic) bond motifs is 3. The smallest absolute Gasteiger partial charge is 0.270 e. The zero-order valence-electron chi connectivity index (χ0n) is 43.5. The Hall–Kier alpha value is -6.45. The molecule has 6 aromatic heterocycles. The molecule has 3 unspecified atom stereocenters. The number of amides is 3. The largest absolute Gasteiger partial charge is 0.381 e. The van der Waals surface area contributed by atoms with Crippen LogP contribution in [0.4, 0.5) is 0 Å². The maximum atomic E-state index is 11.8. The minimum Gasteiger partial charge on any atom is -0.381 e. The molecule has 3 aliphatic rings. The zero-order valence-corrected chi connectivity index (χ0v) is 47.5.